The molecule has 1 aromatic rings. The fourth-order valence-electron chi connectivity index (χ4n) is 2.45. The molecule has 1 fully saturated rings. The SMILES string of the molecule is CC(N)c1cccc(NC(=O)NCC2(C(C)C)CC2)c1. The molecule has 110 valence electrons. The van der Waals surface area contributed by atoms with Crippen LogP contribution >= 0.6 is 0 Å². The zero-order chi connectivity index (χ0) is 14.8. The third-order valence-electron chi connectivity index (χ3n) is 4.39. The van der Waals surface area contributed by atoms with Crippen LogP contribution < -0.4 is 16.4 Å². The van der Waals surface area contributed by atoms with Crippen LogP contribution in [-0.4, -0.2) is 12.6 Å². The molecular formula is C16H25N3O. The quantitative estimate of drug-likeness (QED) is 0.772. The van der Waals surface area contributed by atoms with Gasteiger partial charge in [0.05, 0.1) is 0 Å². The van der Waals surface area contributed by atoms with E-state index in [1.54, 1.807) is 0 Å². The number of hydrogen-bond donors (Lipinski definition) is 3. The van der Waals surface area contributed by atoms with Crippen molar-refractivity contribution in [3.8, 4) is 0 Å². The molecule has 1 atom stereocenters. The number of anilines is 1. The monoisotopic (exact) mass is 275 g/mol. The highest BCUT2D eigenvalue weighted by Gasteiger charge is 2.45. The molecule has 0 bridgehead atoms. The number of rotatable bonds is 5. The van der Waals surface area contributed by atoms with Gasteiger partial charge in [-0.2, -0.15) is 0 Å². The summed E-state index contributed by atoms with van der Waals surface area (Å²) in [4.78, 5) is 11.9. The lowest BCUT2D eigenvalue weighted by Crippen LogP contribution is -2.35. The van der Waals surface area contributed by atoms with Gasteiger partial charge in [-0.25, -0.2) is 4.79 Å². The Bertz CT molecular complexity index is 478. The summed E-state index contributed by atoms with van der Waals surface area (Å²) in [6, 6.07) is 7.49. The van der Waals surface area contributed by atoms with Gasteiger partial charge in [-0.3, -0.25) is 0 Å². The number of urea groups is 1. The summed E-state index contributed by atoms with van der Waals surface area (Å²) in [5, 5.41) is 5.85. The summed E-state index contributed by atoms with van der Waals surface area (Å²) in [6.07, 6.45) is 2.43. The molecule has 0 aromatic heterocycles. The summed E-state index contributed by atoms with van der Waals surface area (Å²) in [7, 11) is 0. The van der Waals surface area contributed by atoms with Crippen LogP contribution in [0.4, 0.5) is 10.5 Å². The van der Waals surface area contributed by atoms with Gasteiger partial charge in [0.15, 0.2) is 0 Å². The Morgan fingerprint density at radius 3 is 2.60 bits per heavy atom. The number of amides is 2. The summed E-state index contributed by atoms with van der Waals surface area (Å²) in [5.74, 6) is 0.615. The van der Waals surface area contributed by atoms with Crippen molar-refractivity contribution in [2.45, 2.75) is 39.7 Å². The van der Waals surface area contributed by atoms with Crippen LogP contribution in [0.15, 0.2) is 24.3 Å². The normalized spacial score (nSPS) is 17.6. The van der Waals surface area contributed by atoms with Crippen LogP contribution in [0.3, 0.4) is 0 Å². The predicted octanol–water partition coefficient (Wildman–Crippen LogP) is 3.26. The van der Waals surface area contributed by atoms with Gasteiger partial charge in [-0.15, -0.1) is 0 Å². The predicted molar refractivity (Wildman–Crippen MR) is 82.6 cm³/mol. The molecule has 1 saturated carbocycles. The zero-order valence-electron chi connectivity index (χ0n) is 12.6. The van der Waals surface area contributed by atoms with E-state index < -0.39 is 0 Å². The second-order valence-electron chi connectivity index (χ2n) is 6.24. The minimum absolute atomic E-state index is 0.0320. The Morgan fingerprint density at radius 1 is 1.35 bits per heavy atom. The van der Waals surface area contributed by atoms with Crippen molar-refractivity contribution in [2.24, 2.45) is 17.1 Å². The highest BCUT2D eigenvalue weighted by Crippen LogP contribution is 2.51. The van der Waals surface area contributed by atoms with Crippen molar-refractivity contribution < 1.29 is 4.79 Å². The molecule has 2 amide bonds. The van der Waals surface area contributed by atoms with Gasteiger partial charge in [-0.05, 0) is 48.8 Å². The summed E-state index contributed by atoms with van der Waals surface area (Å²) in [5.41, 5.74) is 7.97. The molecule has 4 N–H and O–H groups in total. The van der Waals surface area contributed by atoms with Crippen molar-refractivity contribution in [2.75, 3.05) is 11.9 Å². The molecule has 1 unspecified atom stereocenters. The van der Waals surface area contributed by atoms with E-state index in [1.807, 2.05) is 31.2 Å². The lowest BCUT2D eigenvalue weighted by molar-refractivity contribution is 0.246. The van der Waals surface area contributed by atoms with Crippen molar-refractivity contribution in [3.63, 3.8) is 0 Å². The van der Waals surface area contributed by atoms with Gasteiger partial charge >= 0.3 is 6.03 Å². The Kier molecular flexibility index (Phi) is 4.33. The first-order valence-corrected chi connectivity index (χ1v) is 7.33. The van der Waals surface area contributed by atoms with Crippen molar-refractivity contribution in [3.05, 3.63) is 29.8 Å². The Hall–Kier alpha value is -1.55. The molecule has 20 heavy (non-hydrogen) atoms. The minimum Gasteiger partial charge on any atom is -0.337 e. The minimum atomic E-state index is -0.140. The first-order valence-electron chi connectivity index (χ1n) is 7.33. The lowest BCUT2D eigenvalue weighted by Gasteiger charge is -2.20. The standard InChI is InChI=1S/C16H25N3O/c1-11(2)16(7-8-16)10-18-15(20)19-14-6-4-5-13(9-14)12(3)17/h4-6,9,11-12H,7-8,10,17H2,1-3H3,(H2,18,19,20). The average Bonchev–Trinajstić information content (AvgIpc) is 3.18. The fourth-order valence-corrected chi connectivity index (χ4v) is 2.45. The number of carbonyl (C=O) groups is 1. The second kappa shape index (κ2) is 5.83. The van der Waals surface area contributed by atoms with Crippen LogP contribution in [0, 0.1) is 11.3 Å². The van der Waals surface area contributed by atoms with E-state index in [1.165, 1.54) is 12.8 Å². The summed E-state index contributed by atoms with van der Waals surface area (Å²) in [6.45, 7) is 7.12. The molecule has 0 saturated heterocycles. The van der Waals surface area contributed by atoms with Crippen LogP contribution in [0.2, 0.25) is 0 Å². The summed E-state index contributed by atoms with van der Waals surface area (Å²) >= 11 is 0. The van der Waals surface area contributed by atoms with Gasteiger partial charge < -0.3 is 16.4 Å². The smallest absolute Gasteiger partial charge is 0.319 e. The molecule has 1 aliphatic carbocycles. The number of carbonyl (C=O) groups excluding carboxylic acids is 1. The molecule has 0 spiro atoms. The molecule has 4 nitrogen and oxygen atoms in total. The maximum absolute atomic E-state index is 11.9. The molecule has 1 aliphatic rings. The van der Waals surface area contributed by atoms with E-state index in [9.17, 15) is 4.79 Å². The fraction of sp³-hybridized carbons (Fsp3) is 0.562. The molecule has 4 heteroatoms. The third-order valence-corrected chi connectivity index (χ3v) is 4.39. The first-order chi connectivity index (χ1) is 9.43. The number of nitrogens with two attached hydrogens (primary N) is 1. The molecule has 1 aromatic carbocycles. The number of nitrogens with one attached hydrogen (secondary N) is 2. The average molecular weight is 275 g/mol. The maximum atomic E-state index is 11.9. The molecule has 0 aliphatic heterocycles. The molecule has 2 rings (SSSR count). The van der Waals surface area contributed by atoms with Crippen LogP contribution in [0.25, 0.3) is 0 Å². The number of hydrogen-bond acceptors (Lipinski definition) is 2. The van der Waals surface area contributed by atoms with Gasteiger partial charge in [0.25, 0.3) is 0 Å². The Labute approximate surface area is 121 Å². The van der Waals surface area contributed by atoms with Crippen LogP contribution in [-0.2, 0) is 0 Å². The van der Waals surface area contributed by atoms with E-state index in [0.717, 1.165) is 17.8 Å². The van der Waals surface area contributed by atoms with Crippen molar-refractivity contribution in [1.82, 2.24) is 5.32 Å². The second-order valence-corrected chi connectivity index (χ2v) is 6.24. The van der Waals surface area contributed by atoms with Gasteiger partial charge in [0, 0.05) is 18.3 Å². The van der Waals surface area contributed by atoms with Gasteiger partial charge in [-0.1, -0.05) is 26.0 Å². The third kappa shape index (κ3) is 3.51. The van der Waals surface area contributed by atoms with E-state index in [4.69, 9.17) is 5.73 Å². The van der Waals surface area contributed by atoms with E-state index in [-0.39, 0.29) is 12.1 Å². The molecule has 0 radical (unpaired) electrons. The van der Waals surface area contributed by atoms with E-state index >= 15 is 0 Å². The van der Waals surface area contributed by atoms with E-state index in [0.29, 0.717) is 11.3 Å². The highest BCUT2D eigenvalue weighted by atomic mass is 16.2. The number of benzene rings is 1. The van der Waals surface area contributed by atoms with Gasteiger partial charge in [0.1, 0.15) is 0 Å². The maximum Gasteiger partial charge on any atom is 0.319 e. The van der Waals surface area contributed by atoms with Gasteiger partial charge in [0.2, 0.25) is 0 Å². The Morgan fingerprint density at radius 2 is 2.05 bits per heavy atom. The zero-order valence-corrected chi connectivity index (χ0v) is 12.6. The largest absolute Gasteiger partial charge is 0.337 e. The molecular weight excluding hydrogens is 250 g/mol. The Balaban J connectivity index is 1.87. The molecule has 0 heterocycles. The topological polar surface area (TPSA) is 67.1 Å². The first kappa shape index (κ1) is 14.9. The van der Waals surface area contributed by atoms with E-state index in [2.05, 4.69) is 24.5 Å². The highest BCUT2D eigenvalue weighted by molar-refractivity contribution is 5.89. The van der Waals surface area contributed by atoms with Crippen LogP contribution in [0.1, 0.15) is 45.2 Å². The van der Waals surface area contributed by atoms with Crippen LogP contribution in [0.5, 0.6) is 0 Å². The van der Waals surface area contributed by atoms with Crippen molar-refractivity contribution in [1.29, 1.82) is 0 Å². The van der Waals surface area contributed by atoms with Crippen molar-refractivity contribution >= 4 is 11.7 Å². The summed E-state index contributed by atoms with van der Waals surface area (Å²) < 4.78 is 0. The lowest BCUT2D eigenvalue weighted by atomic mass is 9.92.